The van der Waals surface area contributed by atoms with E-state index < -0.39 is 22.6 Å². The van der Waals surface area contributed by atoms with Crippen LogP contribution in [0.4, 0.5) is 14.9 Å². The molecule has 146 valence electrons. The highest BCUT2D eigenvalue weighted by Gasteiger charge is 2.09. The van der Waals surface area contributed by atoms with E-state index in [1.807, 2.05) is 32.0 Å². The topological polar surface area (TPSA) is 88.9 Å². The van der Waals surface area contributed by atoms with Crippen LogP contribution >= 0.6 is 0 Å². The van der Waals surface area contributed by atoms with Gasteiger partial charge >= 0.3 is 6.03 Å². The van der Waals surface area contributed by atoms with E-state index in [0.29, 0.717) is 5.82 Å². The Bertz CT molecular complexity index is 1030. The number of anilines is 1. The van der Waals surface area contributed by atoms with Gasteiger partial charge in [-0.05, 0) is 49.7 Å². The van der Waals surface area contributed by atoms with Crippen LogP contribution in [0.5, 0.6) is 0 Å². The zero-order valence-corrected chi connectivity index (χ0v) is 16.5. The first-order valence-corrected chi connectivity index (χ1v) is 10.1. The number of hydrogen-bond acceptors (Lipinski definition) is 4. The van der Waals surface area contributed by atoms with Gasteiger partial charge in [-0.25, -0.2) is 18.9 Å². The van der Waals surface area contributed by atoms with Crippen LogP contribution in [0, 0.1) is 19.7 Å². The number of aromatic nitrogens is 3. The van der Waals surface area contributed by atoms with E-state index in [-0.39, 0.29) is 17.1 Å². The summed E-state index contributed by atoms with van der Waals surface area (Å²) >= 11 is 0. The second-order valence-electron chi connectivity index (χ2n) is 6.27. The number of carbonyl (C=O) groups excluding carboxylic acids is 1. The van der Waals surface area contributed by atoms with E-state index in [0.717, 1.165) is 23.0 Å². The Balaban J connectivity index is 1.58. The van der Waals surface area contributed by atoms with Crippen LogP contribution in [-0.4, -0.2) is 31.3 Å². The number of aryl methyl sites for hydroxylation is 2. The van der Waals surface area contributed by atoms with Crippen molar-refractivity contribution in [2.45, 2.75) is 25.3 Å². The summed E-state index contributed by atoms with van der Waals surface area (Å²) in [6.07, 6.45) is 3.06. The summed E-state index contributed by atoms with van der Waals surface area (Å²) in [5, 5.41) is 9.61. The Morgan fingerprint density at radius 2 is 2.00 bits per heavy atom. The molecule has 0 saturated heterocycles. The number of urea groups is 1. The predicted molar refractivity (Wildman–Crippen MR) is 105 cm³/mol. The minimum Gasteiger partial charge on any atom is -0.334 e. The van der Waals surface area contributed by atoms with Gasteiger partial charge in [0.2, 0.25) is 0 Å². The minimum atomic E-state index is -1.42. The third-order valence-electron chi connectivity index (χ3n) is 3.99. The molecule has 0 bridgehead atoms. The fraction of sp³-hybridized carbons (Fsp3) is 0.211. The van der Waals surface area contributed by atoms with E-state index in [4.69, 9.17) is 0 Å². The lowest BCUT2D eigenvalue weighted by Gasteiger charge is -2.09. The van der Waals surface area contributed by atoms with Gasteiger partial charge in [-0.15, -0.1) is 0 Å². The molecule has 2 heterocycles. The molecule has 3 aromatic rings. The van der Waals surface area contributed by atoms with E-state index in [1.165, 1.54) is 18.4 Å². The maximum atomic E-state index is 13.8. The number of rotatable bonds is 5. The van der Waals surface area contributed by atoms with Crippen molar-refractivity contribution in [2.24, 2.45) is 0 Å². The predicted octanol–water partition coefficient (Wildman–Crippen LogP) is 3.08. The van der Waals surface area contributed by atoms with Gasteiger partial charge in [-0.1, -0.05) is 6.07 Å². The van der Waals surface area contributed by atoms with Gasteiger partial charge in [0, 0.05) is 30.4 Å². The molecule has 28 heavy (non-hydrogen) atoms. The summed E-state index contributed by atoms with van der Waals surface area (Å²) < 4.78 is 26.9. The van der Waals surface area contributed by atoms with Crippen molar-refractivity contribution in [1.82, 2.24) is 20.1 Å². The number of carbonyl (C=O) groups is 1. The lowest BCUT2D eigenvalue weighted by Crippen LogP contribution is -2.28. The Morgan fingerprint density at radius 3 is 2.57 bits per heavy atom. The van der Waals surface area contributed by atoms with E-state index >= 15 is 0 Å². The van der Waals surface area contributed by atoms with Crippen LogP contribution in [-0.2, 0) is 17.3 Å². The van der Waals surface area contributed by atoms with Crippen LogP contribution in [0.2, 0.25) is 0 Å². The molecule has 2 amide bonds. The molecule has 1 aromatic carbocycles. The fourth-order valence-corrected chi connectivity index (χ4v) is 3.27. The van der Waals surface area contributed by atoms with Crippen molar-refractivity contribution < 1.29 is 13.4 Å². The molecule has 1 atom stereocenters. The molecular formula is C19H20FN5O2S. The van der Waals surface area contributed by atoms with Crippen molar-refractivity contribution >= 4 is 22.5 Å². The molecule has 9 heteroatoms. The fourth-order valence-electron chi connectivity index (χ4n) is 2.68. The monoisotopic (exact) mass is 401 g/mol. The number of benzene rings is 1. The molecule has 7 nitrogen and oxygen atoms in total. The first kappa shape index (κ1) is 19.7. The van der Waals surface area contributed by atoms with Gasteiger partial charge in [0.15, 0.2) is 5.82 Å². The highest BCUT2D eigenvalue weighted by molar-refractivity contribution is 7.84. The number of amides is 2. The van der Waals surface area contributed by atoms with Crippen LogP contribution in [0.25, 0.3) is 5.82 Å². The van der Waals surface area contributed by atoms with Crippen LogP contribution in [0.1, 0.15) is 17.0 Å². The Labute approximate surface area is 164 Å². The molecule has 0 unspecified atom stereocenters. The number of hydrogen-bond donors (Lipinski definition) is 2. The molecule has 2 aromatic heterocycles. The maximum Gasteiger partial charge on any atom is 0.319 e. The first-order chi connectivity index (χ1) is 13.3. The molecule has 0 aliphatic heterocycles. The lowest BCUT2D eigenvalue weighted by molar-refractivity contribution is 0.251. The molecule has 0 aliphatic rings. The van der Waals surface area contributed by atoms with Gasteiger partial charge < -0.3 is 10.6 Å². The highest BCUT2D eigenvalue weighted by atomic mass is 32.2. The molecule has 0 radical (unpaired) electrons. The van der Waals surface area contributed by atoms with Crippen molar-refractivity contribution in [3.63, 3.8) is 0 Å². The van der Waals surface area contributed by atoms with Gasteiger partial charge in [0.05, 0.1) is 21.4 Å². The zero-order valence-electron chi connectivity index (χ0n) is 15.7. The highest BCUT2D eigenvalue weighted by Crippen LogP contribution is 2.17. The number of nitrogens with one attached hydrogen (secondary N) is 2. The molecule has 0 fully saturated rings. The smallest absolute Gasteiger partial charge is 0.319 e. The Hall–Kier alpha value is -3.07. The molecular weight excluding hydrogens is 381 g/mol. The quantitative estimate of drug-likeness (QED) is 0.688. The number of nitrogens with zero attached hydrogens (tertiary/aromatic N) is 3. The van der Waals surface area contributed by atoms with Gasteiger partial charge in [-0.2, -0.15) is 5.10 Å². The average molecular weight is 401 g/mol. The molecule has 0 saturated carbocycles. The summed E-state index contributed by atoms with van der Waals surface area (Å²) in [6.45, 7) is 4.13. The Morgan fingerprint density at radius 1 is 1.21 bits per heavy atom. The van der Waals surface area contributed by atoms with Gasteiger partial charge in [0.25, 0.3) is 0 Å². The van der Waals surface area contributed by atoms with Crippen molar-refractivity contribution in [3.05, 3.63) is 65.4 Å². The van der Waals surface area contributed by atoms with Crippen LogP contribution in [0.15, 0.2) is 47.5 Å². The SMILES string of the molecule is Cc1cc(C)n(-c2ccc(CNC(=O)Nc3ccc([S@](C)=O)c(F)c3)cn2)n1. The number of pyridine rings is 1. The molecule has 0 spiro atoms. The second kappa shape index (κ2) is 8.30. The van der Waals surface area contributed by atoms with E-state index in [1.54, 1.807) is 10.9 Å². The van der Waals surface area contributed by atoms with E-state index in [9.17, 15) is 13.4 Å². The maximum absolute atomic E-state index is 13.8. The normalized spacial score (nSPS) is 11.9. The summed E-state index contributed by atoms with van der Waals surface area (Å²) in [7, 11) is -1.42. The second-order valence-corrected chi connectivity index (χ2v) is 7.62. The van der Waals surface area contributed by atoms with Crippen molar-refractivity contribution in [3.8, 4) is 5.82 Å². The third-order valence-corrected chi connectivity index (χ3v) is 4.94. The Kier molecular flexibility index (Phi) is 5.84. The summed E-state index contributed by atoms with van der Waals surface area (Å²) in [6, 6.07) is 9.20. The molecule has 3 rings (SSSR count). The molecule has 0 aliphatic carbocycles. The summed E-state index contributed by atoms with van der Waals surface area (Å²) in [5.74, 6) is 0.0743. The third kappa shape index (κ3) is 4.61. The standard InChI is InChI=1S/C19H20FN5O2S/c1-12-8-13(2)25(24-12)18-7-4-14(10-21-18)11-22-19(26)23-15-5-6-17(28(3)27)16(20)9-15/h4-10H,11H2,1-3H3,(H2,22,23,26)/t28-/m0/s1. The lowest BCUT2D eigenvalue weighted by atomic mass is 10.3. The van der Waals surface area contributed by atoms with Crippen LogP contribution < -0.4 is 10.6 Å². The summed E-state index contributed by atoms with van der Waals surface area (Å²) in [5.41, 5.74) is 2.99. The van der Waals surface area contributed by atoms with Crippen LogP contribution in [0.3, 0.4) is 0 Å². The minimum absolute atomic E-state index is 0.0970. The van der Waals surface area contributed by atoms with Gasteiger partial charge in [0.1, 0.15) is 5.82 Å². The van der Waals surface area contributed by atoms with Gasteiger partial charge in [-0.3, -0.25) is 4.21 Å². The number of halogens is 1. The zero-order chi connectivity index (χ0) is 20.3. The molecule has 2 N–H and O–H groups in total. The first-order valence-electron chi connectivity index (χ1n) is 8.50. The van der Waals surface area contributed by atoms with E-state index in [2.05, 4.69) is 20.7 Å². The van der Waals surface area contributed by atoms with Crippen molar-refractivity contribution in [1.29, 1.82) is 0 Å². The largest absolute Gasteiger partial charge is 0.334 e. The van der Waals surface area contributed by atoms with Crippen molar-refractivity contribution in [2.75, 3.05) is 11.6 Å². The average Bonchev–Trinajstić information content (AvgIpc) is 2.98. The summed E-state index contributed by atoms with van der Waals surface area (Å²) in [4.78, 5) is 16.5.